The molecular formula is C15H11BrClN3. The summed E-state index contributed by atoms with van der Waals surface area (Å²) in [6.07, 6.45) is 1.57. The van der Waals surface area contributed by atoms with Gasteiger partial charge in [-0.25, -0.2) is 9.97 Å². The molecule has 3 nitrogen and oxygen atoms in total. The Morgan fingerprint density at radius 3 is 2.85 bits per heavy atom. The largest absolute Gasteiger partial charge is 0.365 e. The molecule has 0 saturated carbocycles. The first kappa shape index (κ1) is 13.3. The van der Waals surface area contributed by atoms with Crippen LogP contribution in [0.15, 0.2) is 53.3 Å². The molecule has 5 heteroatoms. The summed E-state index contributed by atoms with van der Waals surface area (Å²) in [5, 5.41) is 5.05. The molecule has 0 fully saturated rings. The number of benzene rings is 2. The predicted molar refractivity (Wildman–Crippen MR) is 86.0 cm³/mol. The molecule has 1 heterocycles. The Morgan fingerprint density at radius 2 is 2.00 bits per heavy atom. The second kappa shape index (κ2) is 5.77. The number of hydrogen-bond acceptors (Lipinski definition) is 3. The normalized spacial score (nSPS) is 10.7. The third kappa shape index (κ3) is 2.92. The maximum absolute atomic E-state index is 5.98. The molecule has 1 N–H and O–H groups in total. The van der Waals surface area contributed by atoms with Gasteiger partial charge in [-0.05, 0) is 35.9 Å². The van der Waals surface area contributed by atoms with Crippen LogP contribution in [-0.4, -0.2) is 9.97 Å². The van der Waals surface area contributed by atoms with Crippen LogP contribution in [0, 0.1) is 0 Å². The van der Waals surface area contributed by atoms with Gasteiger partial charge < -0.3 is 5.32 Å². The molecule has 3 rings (SSSR count). The van der Waals surface area contributed by atoms with Crippen LogP contribution in [0.4, 0.5) is 5.82 Å². The third-order valence-electron chi connectivity index (χ3n) is 2.95. The fraction of sp³-hybridized carbons (Fsp3) is 0.0667. The van der Waals surface area contributed by atoms with Crippen molar-refractivity contribution in [1.82, 2.24) is 9.97 Å². The van der Waals surface area contributed by atoms with Crippen LogP contribution >= 0.6 is 27.5 Å². The predicted octanol–water partition coefficient (Wildman–Crippen LogP) is 4.66. The van der Waals surface area contributed by atoms with E-state index in [1.54, 1.807) is 6.33 Å². The van der Waals surface area contributed by atoms with Gasteiger partial charge in [0.2, 0.25) is 0 Å². The molecule has 2 aromatic carbocycles. The Labute approximate surface area is 130 Å². The zero-order valence-corrected chi connectivity index (χ0v) is 12.8. The van der Waals surface area contributed by atoms with Gasteiger partial charge in [-0.2, -0.15) is 0 Å². The molecule has 0 radical (unpaired) electrons. The topological polar surface area (TPSA) is 37.8 Å². The van der Waals surface area contributed by atoms with Crippen molar-refractivity contribution in [3.8, 4) is 0 Å². The monoisotopic (exact) mass is 347 g/mol. The van der Waals surface area contributed by atoms with Crippen LogP contribution in [0.1, 0.15) is 5.56 Å². The van der Waals surface area contributed by atoms with E-state index in [0.29, 0.717) is 6.54 Å². The second-order valence-corrected chi connectivity index (χ2v) is 5.72. The molecule has 0 bridgehead atoms. The van der Waals surface area contributed by atoms with Gasteiger partial charge in [-0.1, -0.05) is 39.7 Å². The molecule has 20 heavy (non-hydrogen) atoms. The minimum atomic E-state index is 0.666. The molecule has 0 aliphatic carbocycles. The highest BCUT2D eigenvalue weighted by Crippen LogP contribution is 2.23. The Balaban J connectivity index is 1.89. The average molecular weight is 349 g/mol. The van der Waals surface area contributed by atoms with Crippen LogP contribution in [0.2, 0.25) is 5.02 Å². The van der Waals surface area contributed by atoms with E-state index in [1.165, 1.54) is 0 Å². The van der Waals surface area contributed by atoms with E-state index in [9.17, 15) is 0 Å². The van der Waals surface area contributed by atoms with Crippen LogP contribution in [0.5, 0.6) is 0 Å². The van der Waals surface area contributed by atoms with Gasteiger partial charge in [0, 0.05) is 21.4 Å². The Hall–Kier alpha value is -1.65. The van der Waals surface area contributed by atoms with Gasteiger partial charge in [0.15, 0.2) is 0 Å². The van der Waals surface area contributed by atoms with Crippen molar-refractivity contribution in [3.05, 3.63) is 63.9 Å². The van der Waals surface area contributed by atoms with Gasteiger partial charge in [0.25, 0.3) is 0 Å². The van der Waals surface area contributed by atoms with Crippen LogP contribution < -0.4 is 5.32 Å². The maximum atomic E-state index is 5.98. The molecule has 3 aromatic rings. The molecule has 0 spiro atoms. The number of aromatic nitrogens is 2. The average Bonchev–Trinajstić information content (AvgIpc) is 2.45. The van der Waals surface area contributed by atoms with E-state index in [4.69, 9.17) is 11.6 Å². The van der Waals surface area contributed by atoms with Crippen molar-refractivity contribution in [2.24, 2.45) is 0 Å². The number of rotatable bonds is 3. The lowest BCUT2D eigenvalue weighted by Crippen LogP contribution is -2.02. The first-order valence-electron chi connectivity index (χ1n) is 6.11. The number of nitrogens with zero attached hydrogens (tertiary/aromatic N) is 2. The smallest absolute Gasteiger partial charge is 0.137 e. The number of nitrogens with one attached hydrogen (secondary N) is 1. The summed E-state index contributed by atoms with van der Waals surface area (Å²) >= 11 is 9.45. The van der Waals surface area contributed by atoms with Crippen molar-refractivity contribution in [3.63, 3.8) is 0 Å². The van der Waals surface area contributed by atoms with Crippen LogP contribution in [0.25, 0.3) is 10.9 Å². The van der Waals surface area contributed by atoms with Gasteiger partial charge in [0.05, 0.1) is 5.52 Å². The minimum absolute atomic E-state index is 0.666. The third-order valence-corrected chi connectivity index (χ3v) is 3.67. The summed E-state index contributed by atoms with van der Waals surface area (Å²) in [5.41, 5.74) is 2.02. The summed E-state index contributed by atoms with van der Waals surface area (Å²) in [4.78, 5) is 8.57. The van der Waals surface area contributed by atoms with Crippen molar-refractivity contribution >= 4 is 44.3 Å². The Bertz CT molecular complexity index is 761. The first-order chi connectivity index (χ1) is 9.72. The van der Waals surface area contributed by atoms with E-state index >= 15 is 0 Å². The first-order valence-corrected chi connectivity index (χ1v) is 7.28. The highest BCUT2D eigenvalue weighted by molar-refractivity contribution is 9.10. The Kier molecular flexibility index (Phi) is 3.85. The highest BCUT2D eigenvalue weighted by Gasteiger charge is 2.04. The van der Waals surface area contributed by atoms with Gasteiger partial charge in [-0.15, -0.1) is 0 Å². The highest BCUT2D eigenvalue weighted by atomic mass is 79.9. The molecule has 0 aliphatic heterocycles. The van der Waals surface area contributed by atoms with E-state index in [-0.39, 0.29) is 0 Å². The van der Waals surface area contributed by atoms with Crippen LogP contribution in [0.3, 0.4) is 0 Å². The standard InChI is InChI=1S/C15H11BrClN3/c16-11-4-5-14-13(7-11)15(20-9-19-14)18-8-10-2-1-3-12(17)6-10/h1-7,9H,8H2,(H,18,19,20). The molecule has 100 valence electrons. The fourth-order valence-electron chi connectivity index (χ4n) is 2.00. The molecule has 0 saturated heterocycles. The maximum Gasteiger partial charge on any atom is 0.137 e. The second-order valence-electron chi connectivity index (χ2n) is 4.37. The van der Waals surface area contributed by atoms with Crippen molar-refractivity contribution < 1.29 is 0 Å². The molecule has 0 amide bonds. The molecule has 0 unspecified atom stereocenters. The molecular weight excluding hydrogens is 338 g/mol. The molecule has 0 aliphatic rings. The minimum Gasteiger partial charge on any atom is -0.365 e. The Morgan fingerprint density at radius 1 is 1.10 bits per heavy atom. The van der Waals surface area contributed by atoms with E-state index in [2.05, 4.69) is 31.2 Å². The van der Waals surface area contributed by atoms with E-state index < -0.39 is 0 Å². The van der Waals surface area contributed by atoms with Gasteiger partial charge >= 0.3 is 0 Å². The van der Waals surface area contributed by atoms with Gasteiger partial charge in [-0.3, -0.25) is 0 Å². The SMILES string of the molecule is Clc1cccc(CNc2ncnc3ccc(Br)cc23)c1. The quantitative estimate of drug-likeness (QED) is 0.748. The number of halogens is 2. The number of anilines is 1. The zero-order chi connectivity index (χ0) is 13.9. The van der Waals surface area contributed by atoms with Crippen molar-refractivity contribution in [1.29, 1.82) is 0 Å². The summed E-state index contributed by atoms with van der Waals surface area (Å²) in [6.45, 7) is 0.666. The summed E-state index contributed by atoms with van der Waals surface area (Å²) in [6, 6.07) is 13.7. The van der Waals surface area contributed by atoms with Gasteiger partial charge in [0.1, 0.15) is 12.1 Å². The fourth-order valence-corrected chi connectivity index (χ4v) is 2.58. The summed E-state index contributed by atoms with van der Waals surface area (Å²) < 4.78 is 1.01. The summed E-state index contributed by atoms with van der Waals surface area (Å²) in [7, 11) is 0. The van der Waals surface area contributed by atoms with E-state index in [1.807, 2.05) is 42.5 Å². The lowest BCUT2D eigenvalue weighted by molar-refractivity contribution is 1.10. The molecule has 1 aromatic heterocycles. The number of fused-ring (bicyclic) bond motifs is 1. The lowest BCUT2D eigenvalue weighted by Gasteiger charge is -2.09. The van der Waals surface area contributed by atoms with Crippen LogP contribution in [-0.2, 0) is 6.54 Å². The lowest BCUT2D eigenvalue weighted by atomic mass is 10.2. The van der Waals surface area contributed by atoms with E-state index in [0.717, 1.165) is 31.8 Å². The van der Waals surface area contributed by atoms with Crippen molar-refractivity contribution in [2.75, 3.05) is 5.32 Å². The zero-order valence-electron chi connectivity index (χ0n) is 10.5. The molecule has 0 atom stereocenters. The number of hydrogen-bond donors (Lipinski definition) is 1. The summed E-state index contributed by atoms with van der Waals surface area (Å²) in [5.74, 6) is 0.816. The van der Waals surface area contributed by atoms with Crippen molar-refractivity contribution in [2.45, 2.75) is 6.54 Å².